The molecule has 2 heteroatoms. The van der Waals surface area contributed by atoms with E-state index in [2.05, 4.69) is 17.4 Å². The van der Waals surface area contributed by atoms with Gasteiger partial charge < -0.3 is 5.32 Å². The Labute approximate surface area is 110 Å². The molecule has 17 heavy (non-hydrogen) atoms. The molecule has 0 bridgehead atoms. The Morgan fingerprint density at radius 2 is 1.76 bits per heavy atom. The van der Waals surface area contributed by atoms with Crippen LogP contribution in [-0.4, -0.2) is 6.54 Å². The van der Waals surface area contributed by atoms with E-state index >= 15 is 0 Å². The monoisotopic (exact) mass is 251 g/mol. The molecule has 0 amide bonds. The van der Waals surface area contributed by atoms with E-state index in [4.69, 9.17) is 11.6 Å². The molecule has 1 N–H and O–H groups in total. The Morgan fingerprint density at radius 1 is 1.06 bits per heavy atom. The Kier molecular flexibility index (Phi) is 5.34. The first-order valence-electron chi connectivity index (χ1n) is 6.80. The van der Waals surface area contributed by atoms with Gasteiger partial charge in [0.2, 0.25) is 0 Å². The van der Waals surface area contributed by atoms with Gasteiger partial charge in [-0.1, -0.05) is 55.5 Å². The van der Waals surface area contributed by atoms with E-state index in [9.17, 15) is 0 Å². The minimum absolute atomic E-state index is 0.875. The van der Waals surface area contributed by atoms with Crippen molar-refractivity contribution < 1.29 is 0 Å². The van der Waals surface area contributed by atoms with E-state index in [-0.39, 0.29) is 0 Å². The summed E-state index contributed by atoms with van der Waals surface area (Å²) in [5, 5.41) is 4.43. The van der Waals surface area contributed by atoms with Crippen LogP contribution in [0.5, 0.6) is 0 Å². The predicted molar refractivity (Wildman–Crippen MR) is 74.4 cm³/mol. The first kappa shape index (κ1) is 12.9. The first-order valence-corrected chi connectivity index (χ1v) is 7.18. The maximum Gasteiger partial charge on any atom is 0.0450 e. The summed E-state index contributed by atoms with van der Waals surface area (Å²) in [6, 6.07) is 8.10. The molecule has 1 saturated carbocycles. The fourth-order valence-electron chi connectivity index (χ4n) is 2.62. The Hall–Kier alpha value is -0.530. The lowest BCUT2D eigenvalue weighted by Crippen LogP contribution is -2.22. The molecule has 0 spiro atoms. The van der Waals surface area contributed by atoms with Crippen molar-refractivity contribution in [1.29, 1.82) is 0 Å². The van der Waals surface area contributed by atoms with Crippen LogP contribution in [0.15, 0.2) is 24.3 Å². The molecule has 2 rings (SSSR count). The lowest BCUT2D eigenvalue weighted by molar-refractivity contribution is 0.425. The van der Waals surface area contributed by atoms with E-state index in [0.29, 0.717) is 0 Å². The topological polar surface area (TPSA) is 12.0 Å². The van der Waals surface area contributed by atoms with Crippen LogP contribution in [0.25, 0.3) is 0 Å². The molecule has 0 unspecified atom stereocenters. The summed E-state index contributed by atoms with van der Waals surface area (Å²) in [7, 11) is 0. The summed E-state index contributed by atoms with van der Waals surface area (Å²) in [6.07, 6.45) is 8.49. The highest BCUT2D eigenvalue weighted by Gasteiger charge is 2.11. The minimum Gasteiger partial charge on any atom is -0.312 e. The molecule has 1 aromatic carbocycles. The molecule has 0 aromatic heterocycles. The zero-order valence-electron chi connectivity index (χ0n) is 10.4. The highest BCUT2D eigenvalue weighted by Crippen LogP contribution is 2.22. The minimum atomic E-state index is 0.875. The van der Waals surface area contributed by atoms with Crippen LogP contribution in [0.3, 0.4) is 0 Å². The van der Waals surface area contributed by atoms with E-state index in [1.165, 1.54) is 44.1 Å². The van der Waals surface area contributed by atoms with Crippen molar-refractivity contribution in [3.63, 3.8) is 0 Å². The molecule has 0 saturated heterocycles. The van der Waals surface area contributed by atoms with Crippen LogP contribution in [0.4, 0.5) is 0 Å². The quantitative estimate of drug-likeness (QED) is 0.783. The average molecular weight is 252 g/mol. The summed E-state index contributed by atoms with van der Waals surface area (Å²) >= 11 is 6.13. The molecule has 94 valence electrons. The Morgan fingerprint density at radius 3 is 2.47 bits per heavy atom. The molecule has 1 aliphatic carbocycles. The lowest BCUT2D eigenvalue weighted by atomic mass is 10.0. The van der Waals surface area contributed by atoms with E-state index in [0.717, 1.165) is 24.0 Å². The van der Waals surface area contributed by atoms with Gasteiger partial charge in [0.1, 0.15) is 0 Å². The average Bonchev–Trinajstić information content (AvgIpc) is 2.60. The second kappa shape index (κ2) is 7.03. The normalized spacial score (nSPS) is 17.9. The predicted octanol–water partition coefficient (Wildman–Crippen LogP) is 4.40. The van der Waals surface area contributed by atoms with E-state index < -0.39 is 0 Å². The van der Waals surface area contributed by atoms with Gasteiger partial charge in [0.05, 0.1) is 0 Å². The number of hydrogen-bond acceptors (Lipinski definition) is 1. The third kappa shape index (κ3) is 4.33. The van der Waals surface area contributed by atoms with Crippen LogP contribution in [0.1, 0.15) is 44.1 Å². The van der Waals surface area contributed by atoms with Crippen molar-refractivity contribution in [1.82, 2.24) is 5.32 Å². The van der Waals surface area contributed by atoms with Crippen molar-refractivity contribution in [2.45, 2.75) is 45.1 Å². The van der Waals surface area contributed by atoms with Gasteiger partial charge in [-0.3, -0.25) is 0 Å². The van der Waals surface area contributed by atoms with E-state index in [1.807, 2.05) is 12.1 Å². The SMILES string of the molecule is Clc1ccccc1CNCC1CCCCCC1. The lowest BCUT2D eigenvalue weighted by Gasteiger charge is -2.15. The van der Waals surface area contributed by atoms with Gasteiger partial charge in [-0.15, -0.1) is 0 Å². The van der Waals surface area contributed by atoms with Gasteiger partial charge in [-0.2, -0.15) is 0 Å². The third-order valence-corrected chi connectivity index (χ3v) is 4.05. The summed E-state index contributed by atoms with van der Waals surface area (Å²) in [6.45, 7) is 2.04. The number of nitrogens with one attached hydrogen (secondary N) is 1. The van der Waals surface area contributed by atoms with Crippen molar-refractivity contribution in [3.05, 3.63) is 34.9 Å². The molecule has 0 atom stereocenters. The van der Waals surface area contributed by atoms with Crippen LogP contribution < -0.4 is 5.32 Å². The highest BCUT2D eigenvalue weighted by molar-refractivity contribution is 6.31. The van der Waals surface area contributed by atoms with Gasteiger partial charge in [0.15, 0.2) is 0 Å². The van der Waals surface area contributed by atoms with Gasteiger partial charge in [0, 0.05) is 11.6 Å². The van der Waals surface area contributed by atoms with Crippen molar-refractivity contribution in [2.75, 3.05) is 6.54 Å². The molecular weight excluding hydrogens is 230 g/mol. The number of benzene rings is 1. The van der Waals surface area contributed by atoms with Crippen LogP contribution in [0.2, 0.25) is 5.02 Å². The fourth-order valence-corrected chi connectivity index (χ4v) is 2.82. The van der Waals surface area contributed by atoms with E-state index in [1.54, 1.807) is 0 Å². The standard InChI is InChI=1S/C15H22ClN/c16-15-10-6-5-9-14(15)12-17-11-13-7-3-1-2-4-8-13/h5-6,9-10,13,17H,1-4,7-8,11-12H2. The molecule has 1 aliphatic rings. The van der Waals surface area contributed by atoms with Crippen molar-refractivity contribution >= 4 is 11.6 Å². The number of rotatable bonds is 4. The van der Waals surface area contributed by atoms with Gasteiger partial charge in [-0.25, -0.2) is 0 Å². The van der Waals surface area contributed by atoms with Crippen LogP contribution >= 0.6 is 11.6 Å². The maximum atomic E-state index is 6.13. The highest BCUT2D eigenvalue weighted by atomic mass is 35.5. The second-order valence-electron chi connectivity index (χ2n) is 5.08. The second-order valence-corrected chi connectivity index (χ2v) is 5.49. The molecule has 1 fully saturated rings. The zero-order valence-corrected chi connectivity index (χ0v) is 11.2. The fraction of sp³-hybridized carbons (Fsp3) is 0.600. The van der Waals surface area contributed by atoms with Gasteiger partial charge in [-0.05, 0) is 36.9 Å². The summed E-state index contributed by atoms with van der Waals surface area (Å²) < 4.78 is 0. The summed E-state index contributed by atoms with van der Waals surface area (Å²) in [5.41, 5.74) is 1.21. The summed E-state index contributed by atoms with van der Waals surface area (Å²) in [5.74, 6) is 0.875. The summed E-state index contributed by atoms with van der Waals surface area (Å²) in [4.78, 5) is 0. The number of halogens is 1. The van der Waals surface area contributed by atoms with Crippen LogP contribution in [0, 0.1) is 5.92 Å². The first-order chi connectivity index (χ1) is 8.36. The van der Waals surface area contributed by atoms with Gasteiger partial charge in [0.25, 0.3) is 0 Å². The molecule has 0 heterocycles. The molecule has 0 radical (unpaired) electrons. The van der Waals surface area contributed by atoms with Crippen molar-refractivity contribution in [2.24, 2.45) is 5.92 Å². The molecular formula is C15H22ClN. The molecule has 0 aliphatic heterocycles. The smallest absolute Gasteiger partial charge is 0.0450 e. The molecule has 1 nitrogen and oxygen atoms in total. The maximum absolute atomic E-state index is 6.13. The van der Waals surface area contributed by atoms with Crippen LogP contribution in [-0.2, 0) is 6.54 Å². The largest absolute Gasteiger partial charge is 0.312 e. The van der Waals surface area contributed by atoms with Gasteiger partial charge >= 0.3 is 0 Å². The third-order valence-electron chi connectivity index (χ3n) is 3.68. The van der Waals surface area contributed by atoms with Crippen molar-refractivity contribution in [3.8, 4) is 0 Å². The Balaban J connectivity index is 1.73. The zero-order chi connectivity index (χ0) is 11.9. The Bertz CT molecular complexity index is 329. The molecule has 1 aromatic rings. The number of hydrogen-bond donors (Lipinski definition) is 1.